The van der Waals surface area contributed by atoms with E-state index in [9.17, 15) is 4.79 Å². The van der Waals surface area contributed by atoms with Crippen molar-refractivity contribution in [2.45, 2.75) is 19.4 Å². The lowest BCUT2D eigenvalue weighted by Gasteiger charge is -2.22. The summed E-state index contributed by atoms with van der Waals surface area (Å²) < 4.78 is 1.83. The zero-order valence-corrected chi connectivity index (χ0v) is 12.4. The molecule has 0 N–H and O–H groups in total. The predicted octanol–water partition coefficient (Wildman–Crippen LogP) is 4.56. The van der Waals surface area contributed by atoms with Crippen molar-refractivity contribution in [3.63, 3.8) is 0 Å². The van der Waals surface area contributed by atoms with E-state index in [1.54, 1.807) is 0 Å². The van der Waals surface area contributed by atoms with Crippen LogP contribution in [0.4, 0.5) is 5.69 Å². The van der Waals surface area contributed by atoms with Crippen LogP contribution in [0.3, 0.4) is 0 Å². The number of aromatic nitrogens is 1. The number of aryl methyl sites for hydroxylation is 2. The van der Waals surface area contributed by atoms with E-state index in [1.807, 2.05) is 53.1 Å². The molecule has 0 bridgehead atoms. The number of pyridine rings is 1. The van der Waals surface area contributed by atoms with Gasteiger partial charge in [-0.2, -0.15) is 0 Å². The normalized spacial score (nSPS) is 12.9. The van der Waals surface area contributed by atoms with E-state index in [4.69, 9.17) is 5.53 Å². The Morgan fingerprint density at radius 1 is 1.09 bits per heavy atom. The van der Waals surface area contributed by atoms with E-state index in [0.717, 1.165) is 34.9 Å². The second-order valence-electron chi connectivity index (χ2n) is 5.65. The van der Waals surface area contributed by atoms with Crippen molar-refractivity contribution in [1.82, 2.24) is 4.57 Å². The van der Waals surface area contributed by atoms with Gasteiger partial charge in [0.05, 0.1) is 16.8 Å². The maximum Gasteiger partial charge on any atom is 0.259 e. The standard InChI is InChI=1S/C18H14N4O/c19-21-20-16-14-10-4-8-13-9-5-11-22(17(13)14)18(23)15(16)12-6-2-1-3-7-12/h1-4,6-8,10H,5,9,11H2. The number of hydrogen-bond donors (Lipinski definition) is 0. The molecule has 0 saturated heterocycles. The quantitative estimate of drug-likeness (QED) is 0.388. The van der Waals surface area contributed by atoms with Crippen molar-refractivity contribution in [1.29, 1.82) is 0 Å². The fourth-order valence-electron chi connectivity index (χ4n) is 3.43. The van der Waals surface area contributed by atoms with E-state index in [0.29, 0.717) is 17.8 Å². The first-order valence-electron chi connectivity index (χ1n) is 7.60. The van der Waals surface area contributed by atoms with Gasteiger partial charge >= 0.3 is 0 Å². The van der Waals surface area contributed by atoms with Crippen LogP contribution in [0.2, 0.25) is 0 Å². The largest absolute Gasteiger partial charge is 0.307 e. The van der Waals surface area contributed by atoms with Gasteiger partial charge in [0, 0.05) is 16.8 Å². The molecule has 0 radical (unpaired) electrons. The smallest absolute Gasteiger partial charge is 0.259 e. The third-order valence-electron chi connectivity index (χ3n) is 4.38. The molecule has 4 rings (SSSR count). The van der Waals surface area contributed by atoms with Gasteiger partial charge in [-0.3, -0.25) is 4.79 Å². The van der Waals surface area contributed by atoms with Gasteiger partial charge in [-0.05, 0) is 29.5 Å². The zero-order chi connectivity index (χ0) is 15.8. The molecule has 0 saturated carbocycles. The molecule has 5 heteroatoms. The third kappa shape index (κ3) is 2.02. The van der Waals surface area contributed by atoms with Gasteiger partial charge in [0.25, 0.3) is 5.56 Å². The Balaban J connectivity index is 2.23. The van der Waals surface area contributed by atoms with Crippen LogP contribution in [-0.2, 0) is 13.0 Å². The van der Waals surface area contributed by atoms with Crippen molar-refractivity contribution < 1.29 is 0 Å². The van der Waals surface area contributed by atoms with Crippen molar-refractivity contribution in [3.8, 4) is 11.1 Å². The first-order valence-corrected chi connectivity index (χ1v) is 7.60. The summed E-state index contributed by atoms with van der Waals surface area (Å²) in [6, 6.07) is 15.3. The Morgan fingerprint density at radius 3 is 2.70 bits per heavy atom. The second kappa shape index (κ2) is 5.30. The van der Waals surface area contributed by atoms with E-state index < -0.39 is 0 Å². The highest BCUT2D eigenvalue weighted by Gasteiger charge is 2.21. The van der Waals surface area contributed by atoms with Crippen LogP contribution in [0.5, 0.6) is 0 Å². The Labute approximate surface area is 132 Å². The predicted molar refractivity (Wildman–Crippen MR) is 90.8 cm³/mol. The van der Waals surface area contributed by atoms with Crippen LogP contribution in [-0.4, -0.2) is 4.57 Å². The molecular weight excluding hydrogens is 288 g/mol. The molecule has 0 aliphatic carbocycles. The summed E-state index contributed by atoms with van der Waals surface area (Å²) in [7, 11) is 0. The molecule has 112 valence electrons. The van der Waals surface area contributed by atoms with E-state index in [-0.39, 0.29) is 5.56 Å². The van der Waals surface area contributed by atoms with E-state index in [2.05, 4.69) is 10.0 Å². The molecule has 3 aromatic rings. The van der Waals surface area contributed by atoms with Gasteiger partial charge in [0.15, 0.2) is 0 Å². The second-order valence-corrected chi connectivity index (χ2v) is 5.65. The SMILES string of the molecule is [N-]=[N+]=Nc1c(-c2ccccc2)c(=O)n2c3c(cccc13)CCC2. The maximum absolute atomic E-state index is 13.1. The Bertz CT molecular complexity index is 1010. The summed E-state index contributed by atoms with van der Waals surface area (Å²) in [6.45, 7) is 0.697. The molecule has 0 unspecified atom stereocenters. The average molecular weight is 302 g/mol. The molecule has 0 fully saturated rings. The fraction of sp³-hybridized carbons (Fsp3) is 0.167. The summed E-state index contributed by atoms with van der Waals surface area (Å²) in [5, 5.41) is 4.73. The van der Waals surface area contributed by atoms with Crippen LogP contribution in [0.1, 0.15) is 12.0 Å². The van der Waals surface area contributed by atoms with Gasteiger partial charge in [0.2, 0.25) is 0 Å². The lowest BCUT2D eigenvalue weighted by molar-refractivity contribution is 0.617. The molecule has 2 aromatic carbocycles. The van der Waals surface area contributed by atoms with E-state index >= 15 is 0 Å². The first-order chi connectivity index (χ1) is 11.3. The highest BCUT2D eigenvalue weighted by Crippen LogP contribution is 2.37. The van der Waals surface area contributed by atoms with Crippen LogP contribution < -0.4 is 5.56 Å². The molecule has 0 spiro atoms. The van der Waals surface area contributed by atoms with Crippen LogP contribution in [0.15, 0.2) is 58.4 Å². The topological polar surface area (TPSA) is 70.8 Å². The zero-order valence-electron chi connectivity index (χ0n) is 12.4. The third-order valence-corrected chi connectivity index (χ3v) is 4.38. The highest BCUT2D eigenvalue weighted by molar-refractivity contribution is 5.99. The summed E-state index contributed by atoms with van der Waals surface area (Å²) in [5.41, 5.74) is 12.7. The van der Waals surface area contributed by atoms with Crippen molar-refractivity contribution >= 4 is 16.6 Å². The molecule has 1 aromatic heterocycles. The van der Waals surface area contributed by atoms with E-state index in [1.165, 1.54) is 0 Å². The molecule has 2 heterocycles. The summed E-state index contributed by atoms with van der Waals surface area (Å²) in [4.78, 5) is 16.0. The number of para-hydroxylation sites is 1. The minimum atomic E-state index is -0.0850. The monoisotopic (exact) mass is 302 g/mol. The maximum atomic E-state index is 13.1. The van der Waals surface area contributed by atoms with Crippen molar-refractivity contribution in [3.05, 3.63) is 74.9 Å². The summed E-state index contributed by atoms with van der Waals surface area (Å²) in [5.74, 6) is 0. The van der Waals surface area contributed by atoms with Crippen LogP contribution in [0, 0.1) is 0 Å². The van der Waals surface area contributed by atoms with Gasteiger partial charge in [-0.15, -0.1) is 0 Å². The average Bonchev–Trinajstić information content (AvgIpc) is 2.60. The minimum Gasteiger partial charge on any atom is -0.307 e. The van der Waals surface area contributed by atoms with Gasteiger partial charge < -0.3 is 4.57 Å². The molecule has 1 aliphatic rings. The van der Waals surface area contributed by atoms with Gasteiger partial charge in [-0.25, -0.2) is 0 Å². The van der Waals surface area contributed by atoms with Crippen LogP contribution >= 0.6 is 0 Å². The Kier molecular flexibility index (Phi) is 3.14. The molecule has 23 heavy (non-hydrogen) atoms. The fourth-order valence-corrected chi connectivity index (χ4v) is 3.43. The van der Waals surface area contributed by atoms with Crippen molar-refractivity contribution in [2.24, 2.45) is 5.11 Å². The number of hydrogen-bond acceptors (Lipinski definition) is 2. The summed E-state index contributed by atoms with van der Waals surface area (Å²) >= 11 is 0. The molecule has 1 aliphatic heterocycles. The molecule has 0 amide bonds. The van der Waals surface area contributed by atoms with Gasteiger partial charge in [0.1, 0.15) is 0 Å². The number of nitrogens with zero attached hydrogens (tertiary/aromatic N) is 4. The lowest BCUT2D eigenvalue weighted by atomic mass is 9.96. The number of rotatable bonds is 2. The lowest BCUT2D eigenvalue weighted by Crippen LogP contribution is -2.26. The van der Waals surface area contributed by atoms with Crippen molar-refractivity contribution in [2.75, 3.05) is 0 Å². The molecular formula is C18H14N4O. The number of benzene rings is 2. The molecule has 5 nitrogen and oxygen atoms in total. The Morgan fingerprint density at radius 2 is 1.91 bits per heavy atom. The van der Waals surface area contributed by atoms with Crippen LogP contribution in [0.25, 0.3) is 32.5 Å². The highest BCUT2D eigenvalue weighted by atomic mass is 16.1. The Hall–Kier alpha value is -3.04. The number of azide groups is 1. The summed E-state index contributed by atoms with van der Waals surface area (Å²) in [6.07, 6.45) is 1.89. The molecule has 0 atom stereocenters. The van der Waals surface area contributed by atoms with Gasteiger partial charge in [-0.1, -0.05) is 53.6 Å². The minimum absolute atomic E-state index is 0.0850. The first kappa shape index (κ1) is 13.6.